The van der Waals surface area contributed by atoms with E-state index in [0.29, 0.717) is 23.1 Å². The molecule has 0 fully saturated rings. The quantitative estimate of drug-likeness (QED) is 0.234. The second kappa shape index (κ2) is 12.7. The topological polar surface area (TPSA) is 88.1 Å². The van der Waals surface area contributed by atoms with Crippen molar-refractivity contribution < 1.29 is 23.0 Å². The summed E-state index contributed by atoms with van der Waals surface area (Å²) in [6.07, 6.45) is 2.62. The zero-order valence-corrected chi connectivity index (χ0v) is 23.0. The van der Waals surface area contributed by atoms with Gasteiger partial charge in [0.2, 0.25) is 0 Å². The maximum absolute atomic E-state index is 14.2. The van der Waals surface area contributed by atoms with Crippen molar-refractivity contribution in [2.75, 3.05) is 6.61 Å². The third-order valence-corrected chi connectivity index (χ3v) is 6.69. The van der Waals surface area contributed by atoms with Gasteiger partial charge in [0.1, 0.15) is 18.2 Å². The van der Waals surface area contributed by atoms with E-state index >= 15 is 0 Å². The molecule has 0 amide bonds. The lowest BCUT2D eigenvalue weighted by Gasteiger charge is -2.18. The number of aromatic amines is 1. The number of hydrogen-bond donors (Lipinski definition) is 2. The van der Waals surface area contributed by atoms with Crippen molar-refractivity contribution in [2.24, 2.45) is 5.92 Å². The van der Waals surface area contributed by atoms with Crippen LogP contribution in [-0.4, -0.2) is 26.7 Å². The van der Waals surface area contributed by atoms with E-state index in [1.807, 2.05) is 37.3 Å². The number of ether oxygens (including phenoxy) is 1. The first-order valence-electron chi connectivity index (χ1n) is 13.5. The standard InChI is InChI=1S/C34H26F3N3O3/c1-2-25-20-24(10-6-12-28(25)41)21-43-29-13-7-11-27(34(35,36)37)30(29)32-38-31(39-33(42)40-32)26-18-16-23(17-19-26)15-14-22-8-4-3-5-9-22/h3-13,16-20,25,41H,2,21H2,1H3,(H,38,39,40,42). The Morgan fingerprint density at radius 3 is 2.37 bits per heavy atom. The Kier molecular flexibility index (Phi) is 8.58. The van der Waals surface area contributed by atoms with E-state index < -0.39 is 23.0 Å². The molecule has 0 aliphatic heterocycles. The summed E-state index contributed by atoms with van der Waals surface area (Å²) in [4.78, 5) is 23.2. The van der Waals surface area contributed by atoms with Gasteiger partial charge in [-0.05, 0) is 66.6 Å². The molecule has 1 aliphatic carbocycles. The Hall–Kier alpha value is -5.36. The molecule has 3 aromatic carbocycles. The lowest BCUT2D eigenvalue weighted by molar-refractivity contribution is -0.137. The first-order valence-corrected chi connectivity index (χ1v) is 13.5. The van der Waals surface area contributed by atoms with Crippen LogP contribution in [0.3, 0.4) is 0 Å². The van der Waals surface area contributed by atoms with Crippen LogP contribution >= 0.6 is 0 Å². The van der Waals surface area contributed by atoms with Crippen LogP contribution in [0, 0.1) is 17.8 Å². The number of aliphatic hydroxyl groups is 1. The molecule has 9 heteroatoms. The number of benzene rings is 3. The van der Waals surface area contributed by atoms with Crippen LogP contribution in [0.5, 0.6) is 5.75 Å². The van der Waals surface area contributed by atoms with Crippen molar-refractivity contribution in [3.8, 4) is 40.4 Å². The molecule has 216 valence electrons. The Morgan fingerprint density at radius 2 is 1.67 bits per heavy atom. The summed E-state index contributed by atoms with van der Waals surface area (Å²) in [5, 5.41) is 10.2. The van der Waals surface area contributed by atoms with Crippen molar-refractivity contribution in [2.45, 2.75) is 19.5 Å². The Labute approximate surface area is 245 Å². The summed E-state index contributed by atoms with van der Waals surface area (Å²) in [5.41, 5.74) is 0.352. The SMILES string of the molecule is CCC1C=C(COc2cccc(C(F)(F)F)c2-c2nc(-c3ccc(C#Cc4ccccc4)cc3)nc(=O)[nH]2)C=CC=C1O. The van der Waals surface area contributed by atoms with Crippen molar-refractivity contribution in [1.82, 2.24) is 15.0 Å². The van der Waals surface area contributed by atoms with Crippen LogP contribution in [0.2, 0.25) is 0 Å². The number of H-pyrrole nitrogens is 1. The smallest absolute Gasteiger partial charge is 0.417 e. The van der Waals surface area contributed by atoms with E-state index in [2.05, 4.69) is 26.8 Å². The number of rotatable bonds is 6. The minimum Gasteiger partial charge on any atom is -0.512 e. The monoisotopic (exact) mass is 581 g/mol. The molecular weight excluding hydrogens is 555 g/mol. The Bertz CT molecular complexity index is 1830. The largest absolute Gasteiger partial charge is 0.512 e. The van der Waals surface area contributed by atoms with Gasteiger partial charge in [-0.2, -0.15) is 18.2 Å². The van der Waals surface area contributed by atoms with Crippen LogP contribution in [0.15, 0.2) is 113 Å². The third kappa shape index (κ3) is 7.11. The highest BCUT2D eigenvalue weighted by atomic mass is 19.4. The fraction of sp³-hybridized carbons (Fsp3) is 0.147. The molecular formula is C34H26F3N3O3. The number of aromatic nitrogens is 3. The highest BCUT2D eigenvalue weighted by molar-refractivity contribution is 5.71. The minimum atomic E-state index is -4.76. The van der Waals surface area contributed by atoms with Crippen molar-refractivity contribution >= 4 is 0 Å². The third-order valence-electron chi connectivity index (χ3n) is 6.69. The van der Waals surface area contributed by atoms with Gasteiger partial charge >= 0.3 is 11.9 Å². The number of hydrogen-bond acceptors (Lipinski definition) is 5. The van der Waals surface area contributed by atoms with E-state index in [-0.39, 0.29) is 35.7 Å². The molecule has 5 rings (SSSR count). The van der Waals surface area contributed by atoms with E-state index in [1.54, 1.807) is 48.6 Å². The van der Waals surface area contributed by atoms with Crippen molar-refractivity contribution in [1.29, 1.82) is 0 Å². The summed E-state index contributed by atoms with van der Waals surface area (Å²) in [5.74, 6) is 5.54. The zero-order valence-electron chi connectivity index (χ0n) is 23.0. The number of allylic oxidation sites excluding steroid dienone is 3. The highest BCUT2D eigenvalue weighted by Gasteiger charge is 2.36. The molecule has 0 spiro atoms. The highest BCUT2D eigenvalue weighted by Crippen LogP contribution is 2.41. The Morgan fingerprint density at radius 1 is 0.953 bits per heavy atom. The van der Waals surface area contributed by atoms with Crippen molar-refractivity contribution in [3.05, 3.63) is 136 Å². The van der Waals surface area contributed by atoms with Crippen LogP contribution < -0.4 is 10.4 Å². The molecule has 4 aromatic rings. The van der Waals surface area contributed by atoms with Gasteiger partial charge in [0, 0.05) is 22.6 Å². The molecule has 1 aromatic heterocycles. The number of aliphatic hydroxyl groups excluding tert-OH is 1. The molecule has 1 unspecified atom stereocenters. The van der Waals surface area contributed by atoms with Gasteiger partial charge in [-0.1, -0.05) is 61.3 Å². The average molecular weight is 582 g/mol. The fourth-order valence-electron chi connectivity index (χ4n) is 4.51. The van der Waals surface area contributed by atoms with E-state index in [1.165, 1.54) is 12.1 Å². The number of halogens is 3. The maximum atomic E-state index is 14.2. The second-order valence-corrected chi connectivity index (χ2v) is 9.69. The fourth-order valence-corrected chi connectivity index (χ4v) is 4.51. The van der Waals surface area contributed by atoms with Gasteiger partial charge in [-0.3, -0.25) is 4.98 Å². The predicted molar refractivity (Wildman–Crippen MR) is 158 cm³/mol. The van der Waals surface area contributed by atoms with Gasteiger partial charge < -0.3 is 9.84 Å². The van der Waals surface area contributed by atoms with Gasteiger partial charge in [-0.25, -0.2) is 9.78 Å². The molecule has 0 saturated heterocycles. The van der Waals surface area contributed by atoms with Crippen LogP contribution in [0.4, 0.5) is 13.2 Å². The summed E-state index contributed by atoms with van der Waals surface area (Å²) in [6, 6.07) is 19.7. The molecule has 1 aliphatic rings. The molecule has 2 N–H and O–H groups in total. The zero-order chi connectivity index (χ0) is 30.4. The van der Waals surface area contributed by atoms with Gasteiger partial charge in [-0.15, -0.1) is 0 Å². The van der Waals surface area contributed by atoms with Crippen LogP contribution in [-0.2, 0) is 6.18 Å². The predicted octanol–water partition coefficient (Wildman–Crippen LogP) is 7.26. The van der Waals surface area contributed by atoms with E-state index in [4.69, 9.17) is 4.74 Å². The molecule has 43 heavy (non-hydrogen) atoms. The maximum Gasteiger partial charge on any atom is 0.417 e. The number of alkyl halides is 3. The van der Waals surface area contributed by atoms with E-state index in [9.17, 15) is 23.1 Å². The number of nitrogens with one attached hydrogen (secondary N) is 1. The molecule has 1 heterocycles. The van der Waals surface area contributed by atoms with Gasteiger partial charge in [0.25, 0.3) is 0 Å². The lowest BCUT2D eigenvalue weighted by atomic mass is 10.0. The van der Waals surface area contributed by atoms with Gasteiger partial charge in [0.15, 0.2) is 5.82 Å². The van der Waals surface area contributed by atoms with Crippen LogP contribution in [0.25, 0.3) is 22.8 Å². The summed E-state index contributed by atoms with van der Waals surface area (Å²) < 4.78 is 48.5. The normalized spacial score (nSPS) is 14.7. The second-order valence-electron chi connectivity index (χ2n) is 9.69. The van der Waals surface area contributed by atoms with Gasteiger partial charge in [0.05, 0.1) is 16.9 Å². The molecule has 0 saturated carbocycles. The first kappa shape index (κ1) is 29.1. The van der Waals surface area contributed by atoms with Crippen LogP contribution in [0.1, 0.15) is 30.0 Å². The van der Waals surface area contributed by atoms with Crippen molar-refractivity contribution in [3.63, 3.8) is 0 Å². The molecule has 1 atom stereocenters. The summed E-state index contributed by atoms with van der Waals surface area (Å²) in [6.45, 7) is 1.84. The lowest BCUT2D eigenvalue weighted by Crippen LogP contribution is -2.17. The summed E-state index contributed by atoms with van der Waals surface area (Å²) >= 11 is 0. The minimum absolute atomic E-state index is 0.0500. The molecule has 0 bridgehead atoms. The average Bonchev–Trinajstić information content (AvgIpc) is 3.19. The Balaban J connectivity index is 1.49. The van der Waals surface area contributed by atoms with E-state index in [0.717, 1.165) is 11.6 Å². The molecule has 0 radical (unpaired) electrons. The number of nitrogens with zero attached hydrogens (tertiary/aromatic N) is 2. The first-order chi connectivity index (χ1) is 20.7. The molecule has 6 nitrogen and oxygen atoms in total. The summed E-state index contributed by atoms with van der Waals surface area (Å²) in [7, 11) is 0.